The Morgan fingerprint density at radius 2 is 1.97 bits per heavy atom. The molecule has 3 rings (SSSR count). The van der Waals surface area contributed by atoms with Crippen molar-refractivity contribution in [2.75, 3.05) is 26.9 Å². The van der Waals surface area contributed by atoms with Crippen LogP contribution in [0.15, 0.2) is 35.1 Å². The topological polar surface area (TPSA) is 99.8 Å². The maximum atomic E-state index is 12.8. The van der Waals surface area contributed by atoms with Gasteiger partial charge in [0.05, 0.1) is 12.8 Å². The van der Waals surface area contributed by atoms with Gasteiger partial charge in [-0.2, -0.15) is 10.2 Å². The first-order chi connectivity index (χ1) is 14.0. The van der Waals surface area contributed by atoms with Crippen LogP contribution in [0.1, 0.15) is 19.2 Å². The normalized spacial score (nSPS) is 11.0. The lowest BCUT2D eigenvalue weighted by Gasteiger charge is -2.08. The number of fused-ring (bicyclic) bond motifs is 1. The van der Waals surface area contributed by atoms with E-state index in [1.165, 1.54) is 9.20 Å². The lowest BCUT2D eigenvalue weighted by molar-refractivity contribution is -0.121. The van der Waals surface area contributed by atoms with Gasteiger partial charge in [-0.15, -0.1) is 0 Å². The minimum atomic E-state index is -0.368. The predicted octanol–water partition coefficient (Wildman–Crippen LogP) is 1.42. The van der Waals surface area contributed by atoms with Crippen LogP contribution < -0.4 is 15.6 Å². The zero-order chi connectivity index (χ0) is 20.8. The Balaban J connectivity index is 1.79. The van der Waals surface area contributed by atoms with Crippen molar-refractivity contribution in [2.24, 2.45) is 0 Å². The highest BCUT2D eigenvalue weighted by molar-refractivity contribution is 5.75. The Labute approximate surface area is 168 Å². The number of rotatable bonds is 9. The third-order valence-corrected chi connectivity index (χ3v) is 4.41. The van der Waals surface area contributed by atoms with Gasteiger partial charge < -0.3 is 14.8 Å². The van der Waals surface area contributed by atoms with Gasteiger partial charge in [0.1, 0.15) is 23.6 Å². The van der Waals surface area contributed by atoms with Gasteiger partial charge in [0, 0.05) is 25.3 Å². The number of amides is 1. The van der Waals surface area contributed by atoms with Crippen LogP contribution in [0.3, 0.4) is 0 Å². The van der Waals surface area contributed by atoms with E-state index < -0.39 is 0 Å². The van der Waals surface area contributed by atoms with E-state index in [2.05, 4.69) is 15.5 Å². The summed E-state index contributed by atoms with van der Waals surface area (Å²) in [5.74, 6) is 0.989. The largest absolute Gasteiger partial charge is 0.497 e. The van der Waals surface area contributed by atoms with E-state index in [-0.39, 0.29) is 18.0 Å². The monoisotopic (exact) mass is 399 g/mol. The van der Waals surface area contributed by atoms with Crippen molar-refractivity contribution in [2.45, 2.75) is 26.8 Å². The van der Waals surface area contributed by atoms with Crippen LogP contribution in [0.4, 0.5) is 0 Å². The van der Waals surface area contributed by atoms with Crippen LogP contribution >= 0.6 is 0 Å². The third-order valence-electron chi connectivity index (χ3n) is 4.41. The molecule has 0 radical (unpaired) electrons. The molecule has 0 atom stereocenters. The maximum absolute atomic E-state index is 12.8. The highest BCUT2D eigenvalue weighted by Gasteiger charge is 2.14. The van der Waals surface area contributed by atoms with Gasteiger partial charge in [0.2, 0.25) is 5.91 Å². The zero-order valence-corrected chi connectivity index (χ0v) is 16.8. The summed E-state index contributed by atoms with van der Waals surface area (Å²) in [6.45, 7) is 5.25. The molecule has 0 aliphatic carbocycles. The van der Waals surface area contributed by atoms with E-state index in [9.17, 15) is 9.59 Å². The predicted molar refractivity (Wildman–Crippen MR) is 108 cm³/mol. The Morgan fingerprint density at radius 1 is 1.21 bits per heavy atom. The number of nitrogens with one attached hydrogen (secondary N) is 1. The van der Waals surface area contributed by atoms with Crippen LogP contribution in [0.25, 0.3) is 16.8 Å². The van der Waals surface area contributed by atoms with Gasteiger partial charge in [-0.1, -0.05) is 0 Å². The SMILES string of the molecule is CCOCCCNC(=O)Cn1nc(C)n2nc(-c3ccc(OC)cc3)cc2c1=O. The van der Waals surface area contributed by atoms with Gasteiger partial charge >= 0.3 is 0 Å². The van der Waals surface area contributed by atoms with E-state index in [0.717, 1.165) is 11.3 Å². The van der Waals surface area contributed by atoms with E-state index in [1.54, 1.807) is 20.1 Å². The average Bonchev–Trinajstić information content (AvgIpc) is 3.18. The highest BCUT2D eigenvalue weighted by Crippen LogP contribution is 2.21. The fraction of sp³-hybridized carbons (Fsp3) is 0.400. The Morgan fingerprint density at radius 3 is 2.66 bits per heavy atom. The zero-order valence-electron chi connectivity index (χ0n) is 16.8. The van der Waals surface area contributed by atoms with Crippen molar-refractivity contribution in [1.29, 1.82) is 0 Å². The van der Waals surface area contributed by atoms with Crippen molar-refractivity contribution in [3.63, 3.8) is 0 Å². The van der Waals surface area contributed by atoms with Crippen molar-refractivity contribution < 1.29 is 14.3 Å². The maximum Gasteiger partial charge on any atom is 0.293 e. The summed E-state index contributed by atoms with van der Waals surface area (Å²) in [5.41, 5.74) is 1.50. The summed E-state index contributed by atoms with van der Waals surface area (Å²) in [7, 11) is 1.60. The molecule has 0 aliphatic rings. The highest BCUT2D eigenvalue weighted by atomic mass is 16.5. The Bertz CT molecular complexity index is 1040. The summed E-state index contributed by atoms with van der Waals surface area (Å²) < 4.78 is 13.1. The molecule has 1 amide bonds. The standard InChI is InChI=1S/C20H25N5O4/c1-4-29-11-5-10-21-19(26)13-24-20(27)18-12-17(23-25(18)14(2)22-24)15-6-8-16(28-3)9-7-15/h6-9,12H,4-5,10-11,13H2,1-3H3,(H,21,26). The average molecular weight is 399 g/mol. The summed E-state index contributed by atoms with van der Waals surface area (Å²) in [5, 5.41) is 11.5. The van der Waals surface area contributed by atoms with Crippen LogP contribution in [0.5, 0.6) is 5.75 Å². The number of carbonyl (C=O) groups excluding carboxylic acids is 1. The number of ether oxygens (including phenoxy) is 2. The van der Waals surface area contributed by atoms with E-state index in [1.807, 2.05) is 31.2 Å². The molecule has 0 spiro atoms. The number of hydrogen-bond acceptors (Lipinski definition) is 6. The molecule has 29 heavy (non-hydrogen) atoms. The minimum Gasteiger partial charge on any atom is -0.497 e. The summed E-state index contributed by atoms with van der Waals surface area (Å²) in [6.07, 6.45) is 0.716. The second-order valence-corrected chi connectivity index (χ2v) is 6.47. The number of aromatic nitrogens is 4. The molecular formula is C20H25N5O4. The van der Waals surface area contributed by atoms with Gasteiger partial charge in [0.15, 0.2) is 0 Å². The minimum absolute atomic E-state index is 0.145. The third kappa shape index (κ3) is 4.80. The fourth-order valence-corrected chi connectivity index (χ4v) is 2.92. The number of nitrogens with zero attached hydrogens (tertiary/aromatic N) is 4. The summed E-state index contributed by atoms with van der Waals surface area (Å²) in [4.78, 5) is 24.9. The van der Waals surface area contributed by atoms with Crippen molar-refractivity contribution in [3.05, 3.63) is 46.5 Å². The molecule has 0 unspecified atom stereocenters. The molecule has 0 bridgehead atoms. The number of benzene rings is 1. The van der Waals surface area contributed by atoms with Gasteiger partial charge in [-0.25, -0.2) is 9.20 Å². The van der Waals surface area contributed by atoms with Crippen LogP contribution in [-0.2, 0) is 16.1 Å². The summed E-state index contributed by atoms with van der Waals surface area (Å²) in [6, 6.07) is 9.11. The second kappa shape index (κ2) is 9.33. The molecular weight excluding hydrogens is 374 g/mol. The van der Waals surface area contributed by atoms with Crippen LogP contribution in [-0.4, -0.2) is 52.2 Å². The number of hydrogen-bond donors (Lipinski definition) is 1. The molecule has 0 fully saturated rings. The molecule has 1 N–H and O–H groups in total. The molecule has 9 nitrogen and oxygen atoms in total. The van der Waals surface area contributed by atoms with Crippen molar-refractivity contribution >= 4 is 11.4 Å². The Kier molecular flexibility index (Phi) is 6.61. The molecule has 2 heterocycles. The molecule has 0 saturated carbocycles. The lowest BCUT2D eigenvalue weighted by Crippen LogP contribution is -2.35. The number of carbonyl (C=O) groups is 1. The van der Waals surface area contributed by atoms with Gasteiger partial charge in [0.25, 0.3) is 5.56 Å². The van der Waals surface area contributed by atoms with Crippen molar-refractivity contribution in [3.8, 4) is 17.0 Å². The molecule has 2 aromatic heterocycles. The summed E-state index contributed by atoms with van der Waals surface area (Å²) >= 11 is 0. The first-order valence-electron chi connectivity index (χ1n) is 9.50. The molecule has 3 aromatic rings. The molecule has 1 aromatic carbocycles. The van der Waals surface area contributed by atoms with E-state index >= 15 is 0 Å². The van der Waals surface area contributed by atoms with Gasteiger partial charge in [-0.3, -0.25) is 9.59 Å². The molecule has 9 heteroatoms. The van der Waals surface area contributed by atoms with Crippen LogP contribution in [0.2, 0.25) is 0 Å². The van der Waals surface area contributed by atoms with E-state index in [0.29, 0.717) is 43.2 Å². The molecule has 0 aliphatic heterocycles. The molecule has 154 valence electrons. The number of aryl methyl sites for hydroxylation is 1. The first-order valence-corrected chi connectivity index (χ1v) is 9.50. The number of methoxy groups -OCH3 is 1. The lowest BCUT2D eigenvalue weighted by atomic mass is 10.1. The van der Waals surface area contributed by atoms with Gasteiger partial charge in [-0.05, 0) is 50.6 Å². The van der Waals surface area contributed by atoms with Crippen molar-refractivity contribution in [1.82, 2.24) is 24.7 Å². The fourth-order valence-electron chi connectivity index (χ4n) is 2.92. The Hall–Kier alpha value is -3.20. The molecule has 0 saturated heterocycles. The first kappa shape index (κ1) is 20.5. The quantitative estimate of drug-likeness (QED) is 0.546. The second-order valence-electron chi connectivity index (χ2n) is 6.47. The smallest absolute Gasteiger partial charge is 0.293 e. The van der Waals surface area contributed by atoms with Crippen LogP contribution in [0, 0.1) is 6.92 Å². The van der Waals surface area contributed by atoms with E-state index in [4.69, 9.17) is 9.47 Å².